The molecule has 0 saturated carbocycles. The van der Waals surface area contributed by atoms with Crippen LogP contribution in [0.15, 0.2) is 54.6 Å². The van der Waals surface area contributed by atoms with E-state index in [9.17, 15) is 13.2 Å². The topological polar surface area (TPSA) is 63.7 Å². The van der Waals surface area contributed by atoms with Crippen molar-refractivity contribution in [3.05, 3.63) is 65.7 Å². The van der Waals surface area contributed by atoms with Crippen molar-refractivity contribution in [3.8, 4) is 5.75 Å². The number of aryl methyl sites for hydroxylation is 1. The summed E-state index contributed by atoms with van der Waals surface area (Å²) in [6.07, 6.45) is 0.478. The van der Waals surface area contributed by atoms with Gasteiger partial charge < -0.3 is 9.64 Å². The summed E-state index contributed by atoms with van der Waals surface area (Å²) >= 11 is 0. The monoisotopic (exact) mass is 373 g/mol. The quantitative estimate of drug-likeness (QED) is 0.781. The fourth-order valence-electron chi connectivity index (χ4n) is 3.08. The molecule has 0 aliphatic carbocycles. The third-order valence-electron chi connectivity index (χ3n) is 4.55. The minimum absolute atomic E-state index is 0.0239. The number of rotatable bonds is 6. The number of amides is 1. The van der Waals surface area contributed by atoms with Gasteiger partial charge >= 0.3 is 0 Å². The first-order valence-electron chi connectivity index (χ1n) is 8.66. The van der Waals surface area contributed by atoms with Crippen LogP contribution in [-0.4, -0.2) is 43.4 Å². The summed E-state index contributed by atoms with van der Waals surface area (Å²) in [6.45, 7) is 2.26. The van der Waals surface area contributed by atoms with Crippen molar-refractivity contribution in [3.63, 3.8) is 0 Å². The van der Waals surface area contributed by atoms with E-state index in [0.29, 0.717) is 18.7 Å². The normalized spacial score (nSPS) is 18.4. The molecule has 0 unspecified atom stereocenters. The number of benzene rings is 2. The Bertz CT molecular complexity index is 847. The molecule has 0 bridgehead atoms. The van der Waals surface area contributed by atoms with E-state index in [2.05, 4.69) is 0 Å². The van der Waals surface area contributed by atoms with Crippen LogP contribution in [0.25, 0.3) is 0 Å². The zero-order valence-electron chi connectivity index (χ0n) is 14.8. The molecule has 1 saturated heterocycles. The lowest BCUT2D eigenvalue weighted by molar-refractivity contribution is -0.136. The maximum atomic E-state index is 12.8. The molecule has 2 aromatic rings. The van der Waals surface area contributed by atoms with Gasteiger partial charge in [0, 0.05) is 12.6 Å². The van der Waals surface area contributed by atoms with Gasteiger partial charge in [-0.2, -0.15) is 0 Å². The van der Waals surface area contributed by atoms with E-state index in [0.717, 1.165) is 11.1 Å². The molecule has 0 aromatic heterocycles. The molecule has 2 aromatic carbocycles. The molecule has 0 N–H and O–H groups in total. The molecule has 1 heterocycles. The molecule has 0 radical (unpaired) electrons. The Kier molecular flexibility index (Phi) is 5.61. The molecule has 6 heteroatoms. The van der Waals surface area contributed by atoms with Crippen LogP contribution in [0.5, 0.6) is 5.75 Å². The van der Waals surface area contributed by atoms with Gasteiger partial charge in [0.2, 0.25) is 0 Å². The van der Waals surface area contributed by atoms with Crippen molar-refractivity contribution in [1.82, 2.24) is 4.90 Å². The summed E-state index contributed by atoms with van der Waals surface area (Å²) in [5.41, 5.74) is 2.09. The lowest BCUT2D eigenvalue weighted by Crippen LogP contribution is -2.43. The number of hydrogen-bond donors (Lipinski definition) is 0. The van der Waals surface area contributed by atoms with Crippen molar-refractivity contribution < 1.29 is 17.9 Å². The van der Waals surface area contributed by atoms with Crippen LogP contribution in [0.1, 0.15) is 17.5 Å². The van der Waals surface area contributed by atoms with Gasteiger partial charge in [0.25, 0.3) is 5.91 Å². The van der Waals surface area contributed by atoms with Crippen LogP contribution in [0.3, 0.4) is 0 Å². The number of nitrogens with zero attached hydrogens (tertiary/aromatic N) is 1. The Labute approximate surface area is 154 Å². The highest BCUT2D eigenvalue weighted by Crippen LogP contribution is 2.21. The van der Waals surface area contributed by atoms with Crippen LogP contribution in [0.2, 0.25) is 0 Å². The first-order valence-corrected chi connectivity index (χ1v) is 10.5. The lowest BCUT2D eigenvalue weighted by atomic mass is 10.1. The average Bonchev–Trinajstić information content (AvgIpc) is 2.99. The molecule has 138 valence electrons. The summed E-state index contributed by atoms with van der Waals surface area (Å²) < 4.78 is 29.3. The van der Waals surface area contributed by atoms with Gasteiger partial charge in [0.1, 0.15) is 5.75 Å². The summed E-state index contributed by atoms with van der Waals surface area (Å²) in [6, 6.07) is 16.8. The van der Waals surface area contributed by atoms with Crippen LogP contribution in [0, 0.1) is 6.92 Å². The van der Waals surface area contributed by atoms with E-state index in [1.807, 2.05) is 61.5 Å². The van der Waals surface area contributed by atoms with Crippen LogP contribution >= 0.6 is 0 Å². The molecule has 1 aliphatic heterocycles. The first kappa shape index (κ1) is 18.5. The van der Waals surface area contributed by atoms with Crippen LogP contribution < -0.4 is 4.74 Å². The standard InChI is InChI=1S/C20H23NO4S/c1-16-7-9-19(10-8-16)25-14-20(22)21(13-17-5-3-2-4-6-17)18-11-12-26(23,24)15-18/h2-10,18H,11-15H2,1H3/t18-/m1/s1. The maximum absolute atomic E-state index is 12.8. The third kappa shape index (κ3) is 4.85. The summed E-state index contributed by atoms with van der Waals surface area (Å²) in [5, 5.41) is 0. The zero-order chi connectivity index (χ0) is 18.6. The largest absolute Gasteiger partial charge is 0.484 e. The van der Waals surface area contributed by atoms with E-state index < -0.39 is 9.84 Å². The van der Waals surface area contributed by atoms with Crippen molar-refractivity contribution in [2.75, 3.05) is 18.1 Å². The Balaban J connectivity index is 1.71. The van der Waals surface area contributed by atoms with Gasteiger partial charge in [0.05, 0.1) is 11.5 Å². The smallest absolute Gasteiger partial charge is 0.261 e. The van der Waals surface area contributed by atoms with E-state index in [-0.39, 0.29) is 30.1 Å². The summed E-state index contributed by atoms with van der Waals surface area (Å²) in [4.78, 5) is 14.4. The third-order valence-corrected chi connectivity index (χ3v) is 6.30. The van der Waals surface area contributed by atoms with Crippen LogP contribution in [-0.2, 0) is 21.2 Å². The summed E-state index contributed by atoms with van der Waals surface area (Å²) in [7, 11) is -3.07. The zero-order valence-corrected chi connectivity index (χ0v) is 15.6. The molecule has 3 rings (SSSR count). The molecule has 26 heavy (non-hydrogen) atoms. The van der Waals surface area contributed by atoms with E-state index in [1.54, 1.807) is 4.90 Å². The van der Waals surface area contributed by atoms with Gasteiger partial charge in [-0.25, -0.2) is 8.42 Å². The molecule has 1 atom stereocenters. The van der Waals surface area contributed by atoms with Crippen LogP contribution in [0.4, 0.5) is 0 Å². The predicted octanol–water partition coefficient (Wildman–Crippen LogP) is 2.59. The second kappa shape index (κ2) is 7.91. The van der Waals surface area contributed by atoms with Crippen molar-refractivity contribution in [1.29, 1.82) is 0 Å². The number of hydrogen-bond acceptors (Lipinski definition) is 4. The van der Waals surface area contributed by atoms with Gasteiger partial charge in [-0.05, 0) is 31.0 Å². The highest BCUT2D eigenvalue weighted by Gasteiger charge is 2.34. The number of carbonyl (C=O) groups is 1. The molecular weight excluding hydrogens is 350 g/mol. The molecule has 1 aliphatic rings. The predicted molar refractivity (Wildman–Crippen MR) is 101 cm³/mol. The van der Waals surface area contributed by atoms with Gasteiger partial charge in [-0.3, -0.25) is 4.79 Å². The second-order valence-corrected chi connectivity index (χ2v) is 8.89. The fourth-order valence-corrected chi connectivity index (χ4v) is 4.82. The Morgan fingerprint density at radius 1 is 1.12 bits per heavy atom. The molecule has 1 fully saturated rings. The average molecular weight is 373 g/mol. The highest BCUT2D eigenvalue weighted by molar-refractivity contribution is 7.91. The second-order valence-electron chi connectivity index (χ2n) is 6.67. The Morgan fingerprint density at radius 2 is 1.81 bits per heavy atom. The number of carbonyl (C=O) groups excluding carboxylic acids is 1. The molecular formula is C20H23NO4S. The minimum atomic E-state index is -3.07. The van der Waals surface area contributed by atoms with E-state index >= 15 is 0 Å². The molecule has 5 nitrogen and oxygen atoms in total. The van der Waals surface area contributed by atoms with E-state index in [4.69, 9.17) is 4.74 Å². The lowest BCUT2D eigenvalue weighted by Gasteiger charge is -2.28. The number of ether oxygens (including phenoxy) is 1. The Morgan fingerprint density at radius 3 is 2.42 bits per heavy atom. The summed E-state index contributed by atoms with van der Waals surface area (Å²) in [5.74, 6) is 0.588. The van der Waals surface area contributed by atoms with Gasteiger partial charge in [0.15, 0.2) is 16.4 Å². The SMILES string of the molecule is Cc1ccc(OCC(=O)N(Cc2ccccc2)[C@@H]2CCS(=O)(=O)C2)cc1. The fraction of sp³-hybridized carbons (Fsp3) is 0.350. The maximum Gasteiger partial charge on any atom is 0.261 e. The molecule has 0 spiro atoms. The van der Waals surface area contributed by atoms with Crippen molar-refractivity contribution in [2.45, 2.75) is 25.9 Å². The number of sulfone groups is 1. The van der Waals surface area contributed by atoms with Crippen molar-refractivity contribution >= 4 is 15.7 Å². The van der Waals surface area contributed by atoms with E-state index in [1.165, 1.54) is 0 Å². The van der Waals surface area contributed by atoms with Gasteiger partial charge in [-0.1, -0.05) is 48.0 Å². The highest BCUT2D eigenvalue weighted by atomic mass is 32.2. The van der Waals surface area contributed by atoms with Gasteiger partial charge in [-0.15, -0.1) is 0 Å². The minimum Gasteiger partial charge on any atom is -0.484 e. The molecule has 1 amide bonds. The Hall–Kier alpha value is -2.34. The van der Waals surface area contributed by atoms with Crippen molar-refractivity contribution in [2.24, 2.45) is 0 Å². The first-order chi connectivity index (χ1) is 12.4.